The molecule has 0 aliphatic rings. The molecule has 0 saturated carbocycles. The number of aliphatic hydroxyl groups is 1. The first-order valence-electron chi connectivity index (χ1n) is 3.48. The number of benzene rings is 1. The minimum absolute atomic E-state index is 0.177. The number of hydrogen-bond acceptors (Lipinski definition) is 2. The van der Waals surface area contributed by atoms with Crippen LogP contribution in [0.1, 0.15) is 11.7 Å². The fourth-order valence-electron chi connectivity index (χ4n) is 0.897. The van der Waals surface area contributed by atoms with Crippen LogP contribution < -0.4 is 5.73 Å². The SMILES string of the molecule is NC[C@H](O)c1cc(Br)ccc1Cl. The molecule has 0 radical (unpaired) electrons. The topological polar surface area (TPSA) is 46.2 Å². The third kappa shape index (κ3) is 2.20. The Hall–Kier alpha value is -0.0900. The summed E-state index contributed by atoms with van der Waals surface area (Å²) in [7, 11) is 0. The van der Waals surface area contributed by atoms with Crippen LogP contribution in [0.25, 0.3) is 0 Å². The summed E-state index contributed by atoms with van der Waals surface area (Å²) < 4.78 is 0.884. The van der Waals surface area contributed by atoms with Crippen molar-refractivity contribution in [3.63, 3.8) is 0 Å². The van der Waals surface area contributed by atoms with Crippen molar-refractivity contribution in [3.05, 3.63) is 33.3 Å². The minimum atomic E-state index is -0.685. The van der Waals surface area contributed by atoms with Crippen molar-refractivity contribution in [2.45, 2.75) is 6.10 Å². The molecule has 0 saturated heterocycles. The third-order valence-corrected chi connectivity index (χ3v) is 2.38. The third-order valence-electron chi connectivity index (χ3n) is 1.54. The molecule has 3 N–H and O–H groups in total. The summed E-state index contributed by atoms with van der Waals surface area (Å²) >= 11 is 9.12. The monoisotopic (exact) mass is 249 g/mol. The highest BCUT2D eigenvalue weighted by atomic mass is 79.9. The second-order valence-corrected chi connectivity index (χ2v) is 3.74. The van der Waals surface area contributed by atoms with Gasteiger partial charge in [-0.1, -0.05) is 27.5 Å². The molecule has 0 aliphatic heterocycles. The first-order valence-corrected chi connectivity index (χ1v) is 4.65. The molecular formula is C8H9BrClNO. The molecule has 0 amide bonds. The molecule has 1 aromatic carbocycles. The van der Waals surface area contributed by atoms with E-state index in [-0.39, 0.29) is 6.54 Å². The Morgan fingerprint density at radius 1 is 1.58 bits per heavy atom. The van der Waals surface area contributed by atoms with Crippen LogP contribution >= 0.6 is 27.5 Å². The first-order chi connectivity index (χ1) is 5.65. The average Bonchev–Trinajstić information content (AvgIpc) is 2.08. The van der Waals surface area contributed by atoms with E-state index in [2.05, 4.69) is 15.9 Å². The summed E-state index contributed by atoms with van der Waals surface area (Å²) in [5.41, 5.74) is 5.96. The second kappa shape index (κ2) is 4.23. The van der Waals surface area contributed by atoms with Gasteiger partial charge in [-0.25, -0.2) is 0 Å². The predicted octanol–water partition coefficient (Wildman–Crippen LogP) is 2.09. The number of halogens is 2. The van der Waals surface area contributed by atoms with Crippen LogP contribution in [0.5, 0.6) is 0 Å². The lowest BCUT2D eigenvalue weighted by Crippen LogP contribution is -2.11. The van der Waals surface area contributed by atoms with Crippen molar-refractivity contribution >= 4 is 27.5 Å². The number of rotatable bonds is 2. The summed E-state index contributed by atoms with van der Waals surface area (Å²) in [5.74, 6) is 0. The molecule has 1 rings (SSSR count). The highest BCUT2D eigenvalue weighted by molar-refractivity contribution is 9.10. The van der Waals surface area contributed by atoms with E-state index in [1.807, 2.05) is 6.07 Å². The van der Waals surface area contributed by atoms with E-state index in [0.717, 1.165) is 4.47 Å². The van der Waals surface area contributed by atoms with Crippen molar-refractivity contribution in [2.75, 3.05) is 6.54 Å². The highest BCUT2D eigenvalue weighted by Crippen LogP contribution is 2.25. The smallest absolute Gasteiger partial charge is 0.0926 e. The highest BCUT2D eigenvalue weighted by Gasteiger charge is 2.09. The van der Waals surface area contributed by atoms with Crippen LogP contribution in [-0.2, 0) is 0 Å². The zero-order valence-corrected chi connectivity index (χ0v) is 8.64. The summed E-state index contributed by atoms with van der Waals surface area (Å²) in [5, 5.41) is 9.94. The maximum Gasteiger partial charge on any atom is 0.0926 e. The molecule has 12 heavy (non-hydrogen) atoms. The van der Waals surface area contributed by atoms with Gasteiger partial charge >= 0.3 is 0 Å². The molecule has 0 unspecified atom stereocenters. The Kier molecular flexibility index (Phi) is 3.53. The van der Waals surface area contributed by atoms with Gasteiger partial charge in [0, 0.05) is 21.6 Å². The summed E-state index contributed by atoms with van der Waals surface area (Å²) in [4.78, 5) is 0. The van der Waals surface area contributed by atoms with Crippen LogP contribution in [0.2, 0.25) is 5.02 Å². The largest absolute Gasteiger partial charge is 0.387 e. The summed E-state index contributed by atoms with van der Waals surface area (Å²) in [6.07, 6.45) is -0.685. The van der Waals surface area contributed by atoms with Crippen LogP contribution in [0.15, 0.2) is 22.7 Å². The molecule has 0 aromatic heterocycles. The Morgan fingerprint density at radius 3 is 2.83 bits per heavy atom. The lowest BCUT2D eigenvalue weighted by molar-refractivity contribution is 0.187. The maximum atomic E-state index is 9.40. The first kappa shape index (κ1) is 9.99. The molecule has 0 heterocycles. The Balaban J connectivity index is 3.04. The predicted molar refractivity (Wildman–Crippen MR) is 53.2 cm³/mol. The minimum Gasteiger partial charge on any atom is -0.387 e. The van der Waals surface area contributed by atoms with Gasteiger partial charge in [-0.15, -0.1) is 0 Å². The van der Waals surface area contributed by atoms with Gasteiger partial charge in [0.15, 0.2) is 0 Å². The Labute approximate surface area is 84.5 Å². The normalized spacial score (nSPS) is 13.0. The summed E-state index contributed by atoms with van der Waals surface area (Å²) in [6, 6.07) is 5.30. The van der Waals surface area contributed by atoms with E-state index < -0.39 is 6.10 Å². The van der Waals surface area contributed by atoms with Crippen LogP contribution in [0.3, 0.4) is 0 Å². The van der Waals surface area contributed by atoms with Crippen molar-refractivity contribution in [3.8, 4) is 0 Å². The zero-order valence-electron chi connectivity index (χ0n) is 6.30. The molecule has 4 heteroatoms. The zero-order chi connectivity index (χ0) is 9.14. The van der Waals surface area contributed by atoms with Crippen LogP contribution in [-0.4, -0.2) is 11.7 Å². The van der Waals surface area contributed by atoms with E-state index in [4.69, 9.17) is 17.3 Å². The van der Waals surface area contributed by atoms with Gasteiger partial charge in [0.2, 0.25) is 0 Å². The molecule has 2 nitrogen and oxygen atoms in total. The lowest BCUT2D eigenvalue weighted by atomic mass is 10.1. The summed E-state index contributed by atoms with van der Waals surface area (Å²) in [6.45, 7) is 0.177. The molecule has 0 aliphatic carbocycles. The van der Waals surface area contributed by atoms with Crippen molar-refractivity contribution in [2.24, 2.45) is 5.73 Å². The molecule has 0 spiro atoms. The van der Waals surface area contributed by atoms with E-state index in [1.165, 1.54) is 0 Å². The molecule has 66 valence electrons. The van der Waals surface area contributed by atoms with Gasteiger partial charge < -0.3 is 10.8 Å². The van der Waals surface area contributed by atoms with E-state index in [0.29, 0.717) is 10.6 Å². The van der Waals surface area contributed by atoms with Gasteiger partial charge in [0.25, 0.3) is 0 Å². The Morgan fingerprint density at radius 2 is 2.25 bits per heavy atom. The van der Waals surface area contributed by atoms with Crippen LogP contribution in [0.4, 0.5) is 0 Å². The molecule has 1 atom stereocenters. The van der Waals surface area contributed by atoms with Crippen molar-refractivity contribution < 1.29 is 5.11 Å². The van der Waals surface area contributed by atoms with E-state index in [9.17, 15) is 5.11 Å². The second-order valence-electron chi connectivity index (χ2n) is 2.42. The van der Waals surface area contributed by atoms with Gasteiger partial charge in [-0.3, -0.25) is 0 Å². The van der Waals surface area contributed by atoms with Gasteiger partial charge in [-0.2, -0.15) is 0 Å². The quantitative estimate of drug-likeness (QED) is 0.844. The van der Waals surface area contributed by atoms with E-state index >= 15 is 0 Å². The molecular weight excluding hydrogens is 241 g/mol. The average molecular weight is 251 g/mol. The molecule has 0 bridgehead atoms. The molecule has 1 aromatic rings. The fourth-order valence-corrected chi connectivity index (χ4v) is 1.52. The fraction of sp³-hybridized carbons (Fsp3) is 0.250. The van der Waals surface area contributed by atoms with Gasteiger partial charge in [0.1, 0.15) is 0 Å². The van der Waals surface area contributed by atoms with Crippen LogP contribution in [0, 0.1) is 0 Å². The lowest BCUT2D eigenvalue weighted by Gasteiger charge is -2.09. The number of hydrogen-bond donors (Lipinski definition) is 2. The van der Waals surface area contributed by atoms with Crippen molar-refractivity contribution in [1.82, 2.24) is 0 Å². The standard InChI is InChI=1S/C8H9BrClNO/c9-5-1-2-7(10)6(3-5)8(12)4-11/h1-3,8,12H,4,11H2/t8-/m0/s1. The number of nitrogens with two attached hydrogens (primary N) is 1. The van der Waals surface area contributed by atoms with Gasteiger partial charge in [0.05, 0.1) is 6.10 Å². The van der Waals surface area contributed by atoms with Crippen molar-refractivity contribution in [1.29, 1.82) is 0 Å². The van der Waals surface area contributed by atoms with Gasteiger partial charge in [-0.05, 0) is 18.2 Å². The van der Waals surface area contributed by atoms with E-state index in [1.54, 1.807) is 12.1 Å². The molecule has 0 fully saturated rings. The number of aliphatic hydroxyl groups excluding tert-OH is 1. The Bertz CT molecular complexity index is 280. The maximum absolute atomic E-state index is 9.40.